The zero-order valence-corrected chi connectivity index (χ0v) is 41.2. The summed E-state index contributed by atoms with van der Waals surface area (Å²) in [6.07, 6.45) is 2.94. The molecule has 8 aromatic rings. The first-order valence-electron chi connectivity index (χ1n) is 21.9. The highest BCUT2D eigenvalue weighted by Crippen LogP contribution is 2.37. The van der Waals surface area contributed by atoms with Crippen LogP contribution in [0.15, 0.2) is 119 Å². The van der Waals surface area contributed by atoms with Crippen LogP contribution in [0.4, 0.5) is 20.2 Å². The Kier molecular flexibility index (Phi) is 19.5. The number of nitrogens with one attached hydrogen (secondary N) is 6. The third kappa shape index (κ3) is 14.8. The molecule has 8 rings (SSSR count). The molecule has 0 spiro atoms. The van der Waals surface area contributed by atoms with Gasteiger partial charge in [-0.3, -0.25) is 30.4 Å². The van der Waals surface area contributed by atoms with Crippen LogP contribution in [0, 0.1) is 22.5 Å². The molecule has 1 unspecified atom stereocenters. The largest absolute Gasteiger partial charge is 0.493 e. The molecule has 0 bridgehead atoms. The fourth-order valence-electron chi connectivity index (χ4n) is 6.66. The van der Waals surface area contributed by atoms with Crippen molar-refractivity contribution in [1.82, 2.24) is 49.9 Å². The molecule has 0 amide bonds. The van der Waals surface area contributed by atoms with Crippen molar-refractivity contribution in [2.75, 3.05) is 39.1 Å². The van der Waals surface area contributed by atoms with Crippen LogP contribution in [0.5, 0.6) is 23.0 Å². The number of aromatic amines is 2. The number of aliphatic carboxylic acids is 2. The van der Waals surface area contributed by atoms with Crippen LogP contribution in [0.2, 0.25) is 0 Å². The molecule has 0 aliphatic carbocycles. The van der Waals surface area contributed by atoms with Crippen molar-refractivity contribution in [1.29, 1.82) is 10.8 Å². The quantitative estimate of drug-likeness (QED) is 0.0479. The number of carboxylic acids is 2. The van der Waals surface area contributed by atoms with Gasteiger partial charge >= 0.3 is 11.4 Å². The SMILES string of the molecule is CC(=O)O.CC(=O)O.COc1cc(F)c(C(Nc2ccc(C(=N)N)cc2)c2nn(-c3cccnn3)c(=O)[nH]2)cc1OC.COc1cc(F)c([C@H](Nc2ccc(C(=N)N)cc2)c2nn(-c3cccnn3)c(=O)[nH]2)cc1OC. The standard InChI is InChI=1S/2C22H21FN8O3.2C2H4O2/c2*1-33-16-10-14(15(23)11-17(16)34-2)19(27-13-7-5-12(6-8-13)20(24)25)21-28-22(32)31(30-21)18-4-3-9-26-29-18;2*1-2(3)4/h2*3-11,19,27H,1-2H3,(H3,24,25)(H,28,30,32);2*1H3,(H,3,4)/t19-;;;/m0.../s1. The highest BCUT2D eigenvalue weighted by atomic mass is 19.1. The monoisotopic (exact) mass is 1050 g/mol. The molecule has 396 valence electrons. The van der Waals surface area contributed by atoms with E-state index >= 15 is 8.78 Å². The summed E-state index contributed by atoms with van der Waals surface area (Å²) in [5.41, 5.74) is 12.4. The Balaban J connectivity index is 0.000000246. The maximum absolute atomic E-state index is 15.2. The predicted molar refractivity (Wildman–Crippen MR) is 271 cm³/mol. The van der Waals surface area contributed by atoms with Crippen LogP contribution >= 0.6 is 0 Å². The molecule has 12 N–H and O–H groups in total. The molecule has 4 heterocycles. The minimum absolute atomic E-state index is 0.0823. The number of amidine groups is 2. The van der Waals surface area contributed by atoms with Crippen LogP contribution in [-0.4, -0.2) is 112 Å². The lowest BCUT2D eigenvalue weighted by atomic mass is 10.0. The number of aromatic nitrogens is 10. The van der Waals surface area contributed by atoms with Gasteiger partial charge in [0, 0.05) is 72.0 Å². The van der Waals surface area contributed by atoms with E-state index in [1.165, 1.54) is 65.1 Å². The van der Waals surface area contributed by atoms with Gasteiger partial charge in [0.2, 0.25) is 0 Å². The van der Waals surface area contributed by atoms with Crippen molar-refractivity contribution in [2.45, 2.75) is 25.9 Å². The maximum Gasteiger partial charge on any atom is 0.349 e. The van der Waals surface area contributed by atoms with Crippen molar-refractivity contribution in [3.8, 4) is 34.6 Å². The van der Waals surface area contributed by atoms with Gasteiger partial charge in [-0.1, -0.05) is 0 Å². The second-order valence-corrected chi connectivity index (χ2v) is 15.3. The van der Waals surface area contributed by atoms with Gasteiger partial charge in [0.25, 0.3) is 11.9 Å². The lowest BCUT2D eigenvalue weighted by Gasteiger charge is -2.20. The summed E-state index contributed by atoms with van der Waals surface area (Å²) in [5, 5.41) is 60.3. The predicted octanol–water partition coefficient (Wildman–Crippen LogP) is 4.17. The fraction of sp³-hybridized carbons (Fsp3) is 0.167. The van der Waals surface area contributed by atoms with Crippen LogP contribution in [0.25, 0.3) is 11.6 Å². The van der Waals surface area contributed by atoms with Crippen LogP contribution in [-0.2, 0) is 9.59 Å². The number of anilines is 2. The Bertz CT molecular complexity index is 3160. The summed E-state index contributed by atoms with van der Waals surface area (Å²) in [7, 11) is 5.69. The normalized spacial score (nSPS) is 11.1. The Morgan fingerprint density at radius 2 is 0.908 bits per heavy atom. The number of carbonyl (C=O) groups is 2. The lowest BCUT2D eigenvalue weighted by molar-refractivity contribution is -0.135. The molecule has 4 aromatic heterocycles. The van der Waals surface area contributed by atoms with Crippen molar-refractivity contribution >= 4 is 35.0 Å². The third-order valence-corrected chi connectivity index (χ3v) is 10.0. The summed E-state index contributed by atoms with van der Waals surface area (Å²) >= 11 is 0. The maximum atomic E-state index is 15.2. The zero-order chi connectivity index (χ0) is 55.6. The lowest BCUT2D eigenvalue weighted by Crippen LogP contribution is -2.17. The Morgan fingerprint density at radius 3 is 1.18 bits per heavy atom. The first kappa shape index (κ1) is 56.4. The average molecular weight is 1050 g/mol. The summed E-state index contributed by atoms with van der Waals surface area (Å²) in [5.74, 6) is -1.37. The summed E-state index contributed by atoms with van der Waals surface area (Å²) < 4.78 is 53.6. The number of H-pyrrole nitrogens is 2. The van der Waals surface area contributed by atoms with Gasteiger partial charge in [0.15, 0.2) is 46.3 Å². The molecule has 4 aromatic carbocycles. The topological polar surface area (TPSA) is 388 Å². The molecule has 26 nitrogen and oxygen atoms in total. The number of methoxy groups -OCH3 is 4. The smallest absolute Gasteiger partial charge is 0.349 e. The summed E-state index contributed by atoms with van der Waals surface area (Å²) in [4.78, 5) is 48.6. The Hall–Kier alpha value is -10.5. The van der Waals surface area contributed by atoms with E-state index in [4.69, 9.17) is 61.0 Å². The molecule has 0 fully saturated rings. The van der Waals surface area contributed by atoms with Crippen molar-refractivity contribution in [3.63, 3.8) is 0 Å². The van der Waals surface area contributed by atoms with Crippen LogP contribution in [0.3, 0.4) is 0 Å². The number of nitrogens with two attached hydrogens (primary N) is 2. The highest BCUT2D eigenvalue weighted by Gasteiger charge is 2.28. The number of benzene rings is 4. The van der Waals surface area contributed by atoms with E-state index in [1.807, 2.05) is 0 Å². The molecular formula is C48H50F2N16O10. The molecule has 0 saturated heterocycles. The third-order valence-electron chi connectivity index (χ3n) is 10.0. The highest BCUT2D eigenvalue weighted by molar-refractivity contribution is 5.95. The number of carboxylic acid groups (broad SMARTS) is 2. The van der Waals surface area contributed by atoms with Gasteiger partial charge < -0.3 is 51.3 Å². The molecular weight excluding hydrogens is 999 g/mol. The number of nitrogen functional groups attached to an aromatic ring is 2. The molecule has 76 heavy (non-hydrogen) atoms. The first-order valence-corrected chi connectivity index (χ1v) is 21.9. The molecule has 0 radical (unpaired) electrons. The average Bonchev–Trinajstić information content (AvgIpc) is 3.99. The number of rotatable bonds is 16. The summed E-state index contributed by atoms with van der Waals surface area (Å²) in [6, 6.07) is 23.1. The van der Waals surface area contributed by atoms with Gasteiger partial charge in [-0.2, -0.15) is 19.6 Å². The second-order valence-electron chi connectivity index (χ2n) is 15.3. The van der Waals surface area contributed by atoms with Gasteiger partial charge in [0.05, 0.1) is 28.4 Å². The number of ether oxygens (including phenoxy) is 4. The fourth-order valence-corrected chi connectivity index (χ4v) is 6.66. The van der Waals surface area contributed by atoms with Crippen molar-refractivity contribution in [3.05, 3.63) is 176 Å². The molecule has 0 saturated carbocycles. The molecule has 28 heteroatoms. The van der Waals surface area contributed by atoms with Gasteiger partial charge in [-0.25, -0.2) is 18.4 Å². The van der Waals surface area contributed by atoms with E-state index in [1.54, 1.807) is 72.8 Å². The number of nitrogens with zero attached hydrogens (tertiary/aromatic N) is 8. The van der Waals surface area contributed by atoms with E-state index in [-0.39, 0.29) is 57.6 Å². The molecule has 0 aliphatic rings. The zero-order valence-electron chi connectivity index (χ0n) is 41.2. The van der Waals surface area contributed by atoms with Crippen molar-refractivity contribution in [2.24, 2.45) is 11.5 Å². The van der Waals surface area contributed by atoms with Crippen molar-refractivity contribution < 1.29 is 47.5 Å². The second kappa shape index (κ2) is 26.2. The van der Waals surface area contributed by atoms with Gasteiger partial charge in [-0.15, -0.1) is 20.4 Å². The van der Waals surface area contributed by atoms with Crippen LogP contribution < -0.4 is 52.4 Å². The van der Waals surface area contributed by atoms with E-state index in [2.05, 4.69) is 51.2 Å². The molecule has 0 aliphatic heterocycles. The first-order chi connectivity index (χ1) is 36.3. The van der Waals surface area contributed by atoms with E-state index in [9.17, 15) is 9.59 Å². The van der Waals surface area contributed by atoms with Gasteiger partial charge in [-0.05, 0) is 84.9 Å². The number of halogens is 2. The number of hydrogen-bond donors (Lipinski definition) is 10. The Labute approximate surface area is 429 Å². The Morgan fingerprint density at radius 1 is 0.592 bits per heavy atom. The van der Waals surface area contributed by atoms with E-state index in [0.29, 0.717) is 34.0 Å². The minimum Gasteiger partial charge on any atom is -0.493 e. The number of hydrogen-bond acceptors (Lipinski definition) is 18. The summed E-state index contributed by atoms with van der Waals surface area (Å²) in [6.45, 7) is 2.17. The van der Waals surface area contributed by atoms with E-state index < -0.39 is 47.0 Å². The van der Waals surface area contributed by atoms with Crippen LogP contribution in [0.1, 0.15) is 59.8 Å². The molecule has 2 atom stereocenters. The van der Waals surface area contributed by atoms with Gasteiger partial charge in [0.1, 0.15) is 35.4 Å². The van der Waals surface area contributed by atoms with E-state index in [0.717, 1.165) is 23.2 Å². The minimum atomic E-state index is -0.936.